The predicted octanol–water partition coefficient (Wildman–Crippen LogP) is 13.8. The SMILES string of the molecule is C=CC(=O)OCCCOc1c2cc(CCCCCC)cc1Cc1cc(CCCCCC)cc(c1OCCCOC(=O)C(=O)OC)Cc1cc(CCCCCC)cc(c1OCCCOC(=O)C(=O)OC)Cc1cc(CCCCCC)cc(c1OCCCOC(=O)C(=O)OC)C2. The highest BCUT2D eigenvalue weighted by Gasteiger charge is 2.26. The Morgan fingerprint density at radius 3 is 0.734 bits per heavy atom. The lowest BCUT2D eigenvalue weighted by Crippen LogP contribution is -2.20. The summed E-state index contributed by atoms with van der Waals surface area (Å²) in [6.45, 7) is 12.8. The van der Waals surface area contributed by atoms with E-state index in [1.54, 1.807) is 0 Å². The van der Waals surface area contributed by atoms with E-state index < -0.39 is 41.8 Å². The summed E-state index contributed by atoms with van der Waals surface area (Å²) < 4.78 is 63.5. The maximum Gasteiger partial charge on any atom is 0.417 e. The fourth-order valence-electron chi connectivity index (χ4n) is 11.6. The van der Waals surface area contributed by atoms with E-state index in [1.165, 1.54) is 0 Å². The molecule has 0 aliphatic heterocycles. The Labute approximate surface area is 557 Å². The van der Waals surface area contributed by atoms with Gasteiger partial charge in [0.15, 0.2) is 0 Å². The molecule has 0 N–H and O–H groups in total. The summed E-state index contributed by atoms with van der Waals surface area (Å²) in [5, 5.41) is 0. The molecule has 0 radical (unpaired) electrons. The predicted molar refractivity (Wildman–Crippen MR) is 359 cm³/mol. The molecule has 0 unspecified atom stereocenters. The number of hydrogen-bond donors (Lipinski definition) is 0. The van der Waals surface area contributed by atoms with E-state index in [-0.39, 0.29) is 72.1 Å². The molecule has 18 heteroatoms. The first-order chi connectivity index (χ1) is 45.7. The zero-order chi connectivity index (χ0) is 67.9. The maximum atomic E-state index is 12.5. The van der Waals surface area contributed by atoms with Crippen LogP contribution < -0.4 is 18.9 Å². The molecule has 0 spiro atoms. The molecule has 1 aliphatic rings. The van der Waals surface area contributed by atoms with Crippen molar-refractivity contribution in [1.82, 2.24) is 0 Å². The molecule has 0 heterocycles. The first-order valence-electron chi connectivity index (χ1n) is 34.3. The third-order valence-corrected chi connectivity index (χ3v) is 16.3. The fourth-order valence-corrected chi connectivity index (χ4v) is 11.6. The molecule has 0 saturated heterocycles. The number of aryl methyl sites for hydroxylation is 4. The zero-order valence-electron chi connectivity index (χ0n) is 57.2. The minimum Gasteiger partial charge on any atom is -0.493 e. The van der Waals surface area contributed by atoms with Gasteiger partial charge in [0.1, 0.15) is 23.0 Å². The van der Waals surface area contributed by atoms with Crippen molar-refractivity contribution < 1.29 is 85.7 Å². The van der Waals surface area contributed by atoms with Gasteiger partial charge >= 0.3 is 41.8 Å². The first-order valence-corrected chi connectivity index (χ1v) is 34.3. The largest absolute Gasteiger partial charge is 0.493 e. The van der Waals surface area contributed by atoms with Crippen LogP contribution in [0.2, 0.25) is 0 Å². The molecule has 5 rings (SSSR count). The topological polar surface area (TPSA) is 221 Å². The third-order valence-electron chi connectivity index (χ3n) is 16.3. The lowest BCUT2D eigenvalue weighted by molar-refractivity contribution is -0.166. The lowest BCUT2D eigenvalue weighted by Gasteiger charge is -2.25. The highest BCUT2D eigenvalue weighted by atomic mass is 16.6. The van der Waals surface area contributed by atoms with Crippen molar-refractivity contribution in [3.63, 3.8) is 0 Å². The molecule has 0 atom stereocenters. The highest BCUT2D eigenvalue weighted by molar-refractivity contribution is 6.30. The summed E-state index contributed by atoms with van der Waals surface area (Å²) in [5.41, 5.74) is 11.9. The molecule has 0 amide bonds. The number of ether oxygens (including phenoxy) is 11. The van der Waals surface area contributed by atoms with E-state index in [0.717, 1.165) is 223 Å². The van der Waals surface area contributed by atoms with Crippen LogP contribution in [-0.4, -0.2) is 116 Å². The van der Waals surface area contributed by atoms with Crippen LogP contribution in [0.4, 0.5) is 0 Å². The second kappa shape index (κ2) is 43.9. The van der Waals surface area contributed by atoms with E-state index in [9.17, 15) is 33.6 Å². The molecule has 4 aromatic rings. The summed E-state index contributed by atoms with van der Waals surface area (Å²) in [5.74, 6) is -4.43. The summed E-state index contributed by atoms with van der Waals surface area (Å²) in [6.07, 6.45) is 23.8. The molecule has 0 fully saturated rings. The minimum absolute atomic E-state index is 0.0941. The number of fused-ring (bicyclic) bond motifs is 8. The molecule has 516 valence electrons. The Hall–Kier alpha value is -7.89. The molecule has 0 saturated carbocycles. The van der Waals surface area contributed by atoms with Crippen LogP contribution in [0.1, 0.15) is 223 Å². The van der Waals surface area contributed by atoms with Gasteiger partial charge in [-0.1, -0.05) is 160 Å². The third kappa shape index (κ3) is 26.5. The molecule has 8 bridgehead atoms. The van der Waals surface area contributed by atoms with Crippen molar-refractivity contribution in [1.29, 1.82) is 0 Å². The summed E-state index contributed by atoms with van der Waals surface area (Å²) in [6, 6.07) is 18.0. The highest BCUT2D eigenvalue weighted by Crippen LogP contribution is 2.42. The van der Waals surface area contributed by atoms with Crippen LogP contribution in [0.5, 0.6) is 23.0 Å². The number of methoxy groups -OCH3 is 3. The van der Waals surface area contributed by atoms with Crippen LogP contribution in [0.25, 0.3) is 0 Å². The van der Waals surface area contributed by atoms with Gasteiger partial charge < -0.3 is 52.1 Å². The number of benzene rings is 4. The van der Waals surface area contributed by atoms with Crippen LogP contribution in [0.15, 0.2) is 61.2 Å². The van der Waals surface area contributed by atoms with Gasteiger partial charge in [0, 0.05) is 57.4 Å². The zero-order valence-corrected chi connectivity index (χ0v) is 57.2. The van der Waals surface area contributed by atoms with Crippen LogP contribution in [0.3, 0.4) is 0 Å². The van der Waals surface area contributed by atoms with E-state index >= 15 is 0 Å². The average molecular weight is 1310 g/mol. The van der Waals surface area contributed by atoms with Gasteiger partial charge in [-0.2, -0.15) is 0 Å². The maximum absolute atomic E-state index is 12.5. The standard InChI is InChI=1S/C76H104O18/c1-9-14-18-22-30-54-42-58-50-60-44-55(31-23-19-15-10-2)46-62(68(60)89-36-27-39-92-74(81)71(78)84-6)52-64-48-57(33-25-21-17-12-4)49-65(70(64)91-38-29-41-94-76(83)73(80)86-8)53-63-47-56(32-24-20-16-11-3)45-61(69(63)90-37-28-40-93-75(82)72(79)85-7)51-59(43-54)67(58)88-35-26-34-87-66(77)13-5/h13,42-49H,5,9-12,14-41,50-53H2,1-4,6-8H3. The number of unbranched alkanes of at least 4 members (excludes halogenated alkanes) is 12. The average Bonchev–Trinajstić information content (AvgIpc) is 0.784. The van der Waals surface area contributed by atoms with Crippen LogP contribution in [0, 0.1) is 0 Å². The van der Waals surface area contributed by atoms with Gasteiger partial charge in [-0.05, 0) is 118 Å². The Balaban J connectivity index is 1.91. The van der Waals surface area contributed by atoms with E-state index in [2.05, 4.69) is 97.0 Å². The summed E-state index contributed by atoms with van der Waals surface area (Å²) in [7, 11) is 3.38. The van der Waals surface area contributed by atoms with Gasteiger partial charge in [-0.15, -0.1) is 0 Å². The van der Waals surface area contributed by atoms with Crippen molar-refractivity contribution in [2.45, 2.75) is 207 Å². The smallest absolute Gasteiger partial charge is 0.417 e. The number of carbonyl (C=O) groups excluding carboxylic acids is 7. The quantitative estimate of drug-likeness (QED) is 0.0117. The van der Waals surface area contributed by atoms with Gasteiger partial charge in [0.05, 0.1) is 74.2 Å². The number of hydrogen-bond acceptors (Lipinski definition) is 18. The van der Waals surface area contributed by atoms with Crippen molar-refractivity contribution in [2.24, 2.45) is 0 Å². The first kappa shape index (κ1) is 76.8. The second-order valence-electron chi connectivity index (χ2n) is 24.0. The molecule has 18 nitrogen and oxygen atoms in total. The molecule has 4 aromatic carbocycles. The van der Waals surface area contributed by atoms with Gasteiger partial charge in [-0.25, -0.2) is 33.6 Å². The van der Waals surface area contributed by atoms with E-state index in [0.29, 0.717) is 55.1 Å². The van der Waals surface area contributed by atoms with Crippen LogP contribution in [-0.2, 0) is 118 Å². The second-order valence-corrected chi connectivity index (χ2v) is 24.0. The normalized spacial score (nSPS) is 11.6. The summed E-state index contributed by atoms with van der Waals surface area (Å²) >= 11 is 0. The van der Waals surface area contributed by atoms with Gasteiger partial charge in [0.2, 0.25) is 0 Å². The molecule has 94 heavy (non-hydrogen) atoms. The Morgan fingerprint density at radius 2 is 0.532 bits per heavy atom. The van der Waals surface area contributed by atoms with Crippen molar-refractivity contribution >= 4 is 41.8 Å². The van der Waals surface area contributed by atoms with Crippen molar-refractivity contribution in [3.05, 3.63) is 128 Å². The van der Waals surface area contributed by atoms with Crippen LogP contribution >= 0.6 is 0 Å². The number of esters is 7. The molecular formula is C76H104O18. The van der Waals surface area contributed by atoms with Crippen molar-refractivity contribution in [3.8, 4) is 23.0 Å². The molecular weight excluding hydrogens is 1200 g/mol. The molecule has 0 aromatic heterocycles. The Kier molecular flexibility index (Phi) is 35.9. The van der Waals surface area contributed by atoms with Gasteiger partial charge in [0.25, 0.3) is 0 Å². The van der Waals surface area contributed by atoms with Crippen molar-refractivity contribution in [2.75, 3.05) is 74.2 Å². The number of carbonyl (C=O) groups is 7. The van der Waals surface area contributed by atoms with E-state index in [4.69, 9.17) is 37.9 Å². The minimum atomic E-state index is -1.10. The van der Waals surface area contributed by atoms with E-state index in [1.807, 2.05) is 0 Å². The Bertz CT molecular complexity index is 2920. The summed E-state index contributed by atoms with van der Waals surface area (Å²) in [4.78, 5) is 85.9. The lowest BCUT2D eigenvalue weighted by atomic mass is 9.87. The monoisotopic (exact) mass is 1300 g/mol. The fraction of sp³-hybridized carbons (Fsp3) is 0.566. The van der Waals surface area contributed by atoms with Gasteiger partial charge in [-0.3, -0.25) is 0 Å². The number of rotatable bonds is 41. The molecule has 1 aliphatic carbocycles. The Morgan fingerprint density at radius 1 is 0.309 bits per heavy atom.